The predicted octanol–water partition coefficient (Wildman–Crippen LogP) is 3.14. The lowest BCUT2D eigenvalue weighted by Crippen LogP contribution is -2.05. The van der Waals surface area contributed by atoms with Crippen molar-refractivity contribution in [2.45, 2.75) is 26.7 Å². The van der Waals surface area contributed by atoms with Crippen molar-refractivity contribution in [3.8, 4) is 5.69 Å². The van der Waals surface area contributed by atoms with Gasteiger partial charge < -0.3 is 5.11 Å². The monoisotopic (exact) mass is 305 g/mol. The van der Waals surface area contributed by atoms with Crippen molar-refractivity contribution in [2.24, 2.45) is 0 Å². The number of aryl methyl sites for hydroxylation is 2. The molecule has 0 atom stereocenters. The van der Waals surface area contributed by atoms with Crippen LogP contribution in [0.2, 0.25) is 5.02 Å². The second-order valence-electron chi connectivity index (χ2n) is 4.41. The number of rotatable bonds is 5. The molecule has 0 radical (unpaired) electrons. The minimum Gasteiger partial charge on any atom is -0.478 e. The van der Waals surface area contributed by atoms with E-state index in [1.165, 1.54) is 6.08 Å². The highest BCUT2D eigenvalue weighted by atomic mass is 35.5. The van der Waals surface area contributed by atoms with E-state index in [-0.39, 0.29) is 0 Å². The van der Waals surface area contributed by atoms with E-state index in [0.717, 1.165) is 24.1 Å². The quantitative estimate of drug-likeness (QED) is 0.862. The maximum atomic E-state index is 10.7. The van der Waals surface area contributed by atoms with Gasteiger partial charge in [-0.25, -0.2) is 14.5 Å². The van der Waals surface area contributed by atoms with Gasteiger partial charge in [0.25, 0.3) is 0 Å². The molecule has 0 fully saturated rings. The first-order valence-corrected chi connectivity index (χ1v) is 7.09. The molecule has 0 saturated heterocycles. The highest BCUT2D eigenvalue weighted by Gasteiger charge is 2.14. The van der Waals surface area contributed by atoms with Gasteiger partial charge in [-0.2, -0.15) is 5.10 Å². The first-order valence-electron chi connectivity index (χ1n) is 6.71. The van der Waals surface area contributed by atoms with Crippen LogP contribution >= 0.6 is 11.6 Å². The van der Waals surface area contributed by atoms with Gasteiger partial charge in [-0.15, -0.1) is 0 Å². The number of hydrogen-bond acceptors (Lipinski definition) is 3. The second kappa shape index (κ2) is 6.54. The van der Waals surface area contributed by atoms with Crippen LogP contribution in [0.15, 0.2) is 24.3 Å². The largest absolute Gasteiger partial charge is 0.478 e. The fourth-order valence-corrected chi connectivity index (χ4v) is 2.26. The summed E-state index contributed by atoms with van der Waals surface area (Å²) in [6.45, 7) is 3.97. The first kappa shape index (κ1) is 15.3. The van der Waals surface area contributed by atoms with E-state index in [4.69, 9.17) is 16.7 Å². The molecular weight excluding hydrogens is 290 g/mol. The average molecular weight is 306 g/mol. The molecule has 0 aliphatic carbocycles. The third kappa shape index (κ3) is 3.31. The van der Waals surface area contributed by atoms with Crippen molar-refractivity contribution in [1.82, 2.24) is 14.8 Å². The number of hydrogen-bond donors (Lipinski definition) is 1. The summed E-state index contributed by atoms with van der Waals surface area (Å²) in [6, 6.07) is 5.33. The fraction of sp³-hybridized carbons (Fsp3) is 0.267. The van der Waals surface area contributed by atoms with Crippen LogP contribution in [0, 0.1) is 0 Å². The molecule has 21 heavy (non-hydrogen) atoms. The van der Waals surface area contributed by atoms with E-state index in [2.05, 4.69) is 10.1 Å². The van der Waals surface area contributed by atoms with E-state index in [1.807, 2.05) is 13.8 Å². The number of nitrogens with zero attached hydrogens (tertiary/aromatic N) is 3. The Labute approximate surface area is 127 Å². The molecular formula is C15H16ClN3O2. The summed E-state index contributed by atoms with van der Waals surface area (Å²) in [6.07, 6.45) is 4.03. The number of carbonyl (C=O) groups is 1. The maximum Gasteiger partial charge on any atom is 0.328 e. The lowest BCUT2D eigenvalue weighted by Gasteiger charge is -2.10. The summed E-state index contributed by atoms with van der Waals surface area (Å²) < 4.78 is 1.70. The molecule has 1 N–H and O–H groups in total. The Morgan fingerprint density at radius 3 is 2.76 bits per heavy atom. The van der Waals surface area contributed by atoms with Crippen LogP contribution in [0.4, 0.5) is 0 Å². The summed E-state index contributed by atoms with van der Waals surface area (Å²) in [7, 11) is 0. The van der Waals surface area contributed by atoms with Gasteiger partial charge in [-0.3, -0.25) is 0 Å². The summed E-state index contributed by atoms with van der Waals surface area (Å²) in [5.41, 5.74) is 1.34. The van der Waals surface area contributed by atoms with Crippen LogP contribution in [0.5, 0.6) is 0 Å². The Morgan fingerprint density at radius 1 is 1.38 bits per heavy atom. The summed E-state index contributed by atoms with van der Waals surface area (Å²) in [4.78, 5) is 15.2. The molecule has 0 spiro atoms. The number of halogens is 1. The zero-order valence-electron chi connectivity index (χ0n) is 11.9. The zero-order valence-corrected chi connectivity index (χ0v) is 12.6. The van der Waals surface area contributed by atoms with Crippen LogP contribution in [-0.2, 0) is 17.6 Å². The normalized spacial score (nSPS) is 11.2. The molecule has 0 bridgehead atoms. The molecule has 1 aromatic heterocycles. The lowest BCUT2D eigenvalue weighted by atomic mass is 10.1. The van der Waals surface area contributed by atoms with Crippen LogP contribution in [0.25, 0.3) is 11.8 Å². The SMILES string of the molecule is CCc1nc(CC)n(-c2c(Cl)cccc2/C=C/C(=O)O)n1. The van der Waals surface area contributed by atoms with Gasteiger partial charge in [-0.05, 0) is 12.1 Å². The first-order chi connectivity index (χ1) is 10.1. The topological polar surface area (TPSA) is 68.0 Å². The summed E-state index contributed by atoms with van der Waals surface area (Å²) in [5, 5.41) is 13.8. The molecule has 6 heteroatoms. The Morgan fingerprint density at radius 2 is 2.14 bits per heavy atom. The maximum absolute atomic E-state index is 10.7. The molecule has 5 nitrogen and oxygen atoms in total. The number of aromatic nitrogens is 3. The third-order valence-corrected chi connectivity index (χ3v) is 3.29. The molecule has 1 heterocycles. The Balaban J connectivity index is 2.62. The number of carboxylic acids is 1. The van der Waals surface area contributed by atoms with Crippen molar-refractivity contribution in [3.63, 3.8) is 0 Å². The molecule has 110 valence electrons. The van der Waals surface area contributed by atoms with Crippen LogP contribution in [0.1, 0.15) is 31.1 Å². The van der Waals surface area contributed by atoms with Gasteiger partial charge in [0.05, 0.1) is 10.7 Å². The van der Waals surface area contributed by atoms with E-state index < -0.39 is 5.97 Å². The second-order valence-corrected chi connectivity index (χ2v) is 4.82. The minimum absolute atomic E-state index is 0.504. The molecule has 0 saturated carbocycles. The Kier molecular flexibility index (Phi) is 4.75. The fourth-order valence-electron chi connectivity index (χ4n) is 2.00. The van der Waals surface area contributed by atoms with Crippen molar-refractivity contribution >= 4 is 23.6 Å². The molecule has 1 aromatic carbocycles. The van der Waals surface area contributed by atoms with E-state index in [0.29, 0.717) is 22.7 Å². The standard InChI is InChI=1S/C15H16ClN3O2/c1-3-12-17-13(4-2)19(18-12)15-10(8-9-14(20)21)6-5-7-11(15)16/h5-9H,3-4H2,1-2H3,(H,20,21)/b9-8+. The van der Waals surface area contributed by atoms with Crippen LogP contribution in [-0.4, -0.2) is 25.8 Å². The summed E-state index contributed by atoms with van der Waals surface area (Å²) in [5.74, 6) is 0.523. The molecule has 0 unspecified atom stereocenters. The van der Waals surface area contributed by atoms with Crippen LogP contribution in [0.3, 0.4) is 0 Å². The van der Waals surface area contributed by atoms with E-state index >= 15 is 0 Å². The van der Waals surface area contributed by atoms with Gasteiger partial charge in [0.15, 0.2) is 5.82 Å². The van der Waals surface area contributed by atoms with Gasteiger partial charge in [0, 0.05) is 24.5 Å². The van der Waals surface area contributed by atoms with Gasteiger partial charge in [-0.1, -0.05) is 37.6 Å². The van der Waals surface area contributed by atoms with Crippen molar-refractivity contribution in [2.75, 3.05) is 0 Å². The number of para-hydroxylation sites is 1. The van der Waals surface area contributed by atoms with Crippen molar-refractivity contribution in [3.05, 3.63) is 46.5 Å². The summed E-state index contributed by atoms with van der Waals surface area (Å²) >= 11 is 6.29. The Hall–Kier alpha value is -2.14. The highest BCUT2D eigenvalue weighted by molar-refractivity contribution is 6.32. The van der Waals surface area contributed by atoms with Gasteiger partial charge in [0.2, 0.25) is 0 Å². The molecule has 0 amide bonds. The number of benzene rings is 1. The number of aliphatic carboxylic acids is 1. The number of carboxylic acid groups (broad SMARTS) is 1. The van der Waals surface area contributed by atoms with E-state index in [1.54, 1.807) is 22.9 Å². The van der Waals surface area contributed by atoms with Crippen molar-refractivity contribution in [1.29, 1.82) is 0 Å². The average Bonchev–Trinajstić information content (AvgIpc) is 2.88. The smallest absolute Gasteiger partial charge is 0.328 e. The van der Waals surface area contributed by atoms with E-state index in [9.17, 15) is 4.79 Å². The minimum atomic E-state index is -1.01. The predicted molar refractivity (Wildman–Crippen MR) is 81.8 cm³/mol. The van der Waals surface area contributed by atoms with Crippen molar-refractivity contribution < 1.29 is 9.90 Å². The molecule has 0 aliphatic heterocycles. The zero-order chi connectivity index (χ0) is 15.4. The lowest BCUT2D eigenvalue weighted by molar-refractivity contribution is -0.131. The highest BCUT2D eigenvalue weighted by Crippen LogP contribution is 2.26. The van der Waals surface area contributed by atoms with Gasteiger partial charge in [0.1, 0.15) is 5.82 Å². The van der Waals surface area contributed by atoms with Gasteiger partial charge >= 0.3 is 5.97 Å². The Bertz CT molecular complexity index is 692. The third-order valence-electron chi connectivity index (χ3n) is 2.99. The molecule has 2 aromatic rings. The molecule has 0 aliphatic rings. The van der Waals surface area contributed by atoms with Crippen LogP contribution < -0.4 is 0 Å². The molecule has 2 rings (SSSR count).